The molecule has 0 aliphatic heterocycles. The molecule has 0 saturated heterocycles. The van der Waals surface area contributed by atoms with Gasteiger partial charge < -0.3 is 24.6 Å². The molecule has 4 aromatic rings. The molecule has 0 saturated carbocycles. The van der Waals surface area contributed by atoms with Gasteiger partial charge >= 0.3 is 5.69 Å². The van der Waals surface area contributed by atoms with Crippen LogP contribution in [0.4, 0.5) is 20.2 Å². The number of carbonyl (C=O) groups is 1. The molecule has 0 fully saturated rings. The van der Waals surface area contributed by atoms with Crippen molar-refractivity contribution >= 4 is 29.8 Å². The molecule has 0 unspecified atom stereocenters. The summed E-state index contributed by atoms with van der Waals surface area (Å²) in [5.74, 6) is -1.54. The van der Waals surface area contributed by atoms with E-state index in [4.69, 9.17) is 14.2 Å². The van der Waals surface area contributed by atoms with Gasteiger partial charge in [0.15, 0.2) is 23.1 Å². The Morgan fingerprint density at radius 3 is 2.27 bits per heavy atom. The van der Waals surface area contributed by atoms with E-state index in [1.807, 2.05) is 0 Å². The van der Waals surface area contributed by atoms with Crippen LogP contribution in [0.5, 0.6) is 17.2 Å². The summed E-state index contributed by atoms with van der Waals surface area (Å²) in [6, 6.07) is 11.3. The number of aliphatic hydroxyl groups excluding tert-OH is 1. The fourth-order valence-electron chi connectivity index (χ4n) is 4.29. The second kappa shape index (κ2) is 13.6. The first-order chi connectivity index (χ1) is 21.1. The van der Waals surface area contributed by atoms with Gasteiger partial charge in [0.2, 0.25) is 0 Å². The fourth-order valence-corrected chi connectivity index (χ4v) is 4.29. The van der Waals surface area contributed by atoms with Gasteiger partial charge in [0.1, 0.15) is 17.1 Å². The summed E-state index contributed by atoms with van der Waals surface area (Å²) >= 11 is 0. The van der Waals surface area contributed by atoms with Crippen LogP contribution in [-0.2, 0) is 6.54 Å². The highest BCUT2D eigenvalue weighted by molar-refractivity contribution is 6.03. The van der Waals surface area contributed by atoms with E-state index in [0.29, 0.717) is 27.3 Å². The van der Waals surface area contributed by atoms with Crippen LogP contribution in [0.2, 0.25) is 0 Å². The summed E-state index contributed by atoms with van der Waals surface area (Å²) in [7, 11) is 2.94. The van der Waals surface area contributed by atoms with Crippen molar-refractivity contribution in [2.24, 2.45) is 4.99 Å². The van der Waals surface area contributed by atoms with Gasteiger partial charge in [-0.3, -0.25) is 19.1 Å². The van der Waals surface area contributed by atoms with Crippen molar-refractivity contribution in [2.75, 3.05) is 26.1 Å². The smallest absolute Gasteiger partial charge is 0.335 e. The topological polar surface area (TPSA) is 133 Å². The predicted molar refractivity (Wildman–Crippen MR) is 161 cm³/mol. The minimum Gasteiger partial charge on any atom is -0.493 e. The number of aliphatic imine (C=N–C) groups is 1. The van der Waals surface area contributed by atoms with Crippen molar-refractivity contribution < 1.29 is 32.9 Å². The number of rotatable bonds is 11. The zero-order valence-electron chi connectivity index (χ0n) is 24.0. The standard InChI is InChI=1S/C31H28F2N4O7/c1-5-25(21-15-27(42-3)28(43-4)16-24(21)34-2)44-26-11-8-19(14-23(26)33)35-29(39)22-17-36(12-13-38)31(41)37(30(22)40)20-9-6-18(32)7-10-20/h5-11,14-17,38H,2,12-13H2,1,3-4H3,(H,35,39)/b25-5+. The van der Waals surface area contributed by atoms with Crippen molar-refractivity contribution in [3.63, 3.8) is 0 Å². The molecule has 1 amide bonds. The average Bonchev–Trinajstić information content (AvgIpc) is 3.02. The molecule has 0 aliphatic rings. The number of hydrogen-bond acceptors (Lipinski definition) is 8. The SMILES string of the molecule is C=Nc1cc(OC)c(OC)cc1/C(=C\C)Oc1ccc(NC(=O)c2cn(CCO)c(=O)n(-c3ccc(F)cc3)c2=O)cc1F. The number of halogens is 2. The van der Waals surface area contributed by atoms with E-state index in [-0.39, 0.29) is 29.4 Å². The highest BCUT2D eigenvalue weighted by Crippen LogP contribution is 2.39. The van der Waals surface area contributed by atoms with Gasteiger partial charge in [0.25, 0.3) is 11.5 Å². The third-order valence-electron chi connectivity index (χ3n) is 6.44. The quantitative estimate of drug-likeness (QED) is 0.192. The molecule has 0 spiro atoms. The average molecular weight is 607 g/mol. The van der Waals surface area contributed by atoms with E-state index in [0.717, 1.165) is 29.0 Å². The molecule has 0 bridgehead atoms. The second-order valence-electron chi connectivity index (χ2n) is 9.10. The number of allylic oxidation sites excluding steroid dienone is 1. The lowest BCUT2D eigenvalue weighted by Crippen LogP contribution is -2.42. The summed E-state index contributed by atoms with van der Waals surface area (Å²) in [5.41, 5.74) is -1.47. The number of aliphatic hydroxyl groups is 1. The fraction of sp³-hybridized carbons (Fsp3) is 0.161. The zero-order chi connectivity index (χ0) is 32.0. The zero-order valence-corrected chi connectivity index (χ0v) is 24.0. The molecular weight excluding hydrogens is 578 g/mol. The summed E-state index contributed by atoms with van der Waals surface area (Å²) in [5, 5.41) is 11.8. The number of benzene rings is 3. The van der Waals surface area contributed by atoms with Crippen molar-refractivity contribution in [1.82, 2.24) is 9.13 Å². The maximum Gasteiger partial charge on any atom is 0.335 e. The van der Waals surface area contributed by atoms with Crippen LogP contribution < -0.4 is 30.8 Å². The largest absolute Gasteiger partial charge is 0.493 e. The van der Waals surface area contributed by atoms with E-state index >= 15 is 4.39 Å². The Morgan fingerprint density at radius 1 is 1.00 bits per heavy atom. The molecule has 1 heterocycles. The lowest BCUT2D eigenvalue weighted by molar-refractivity contribution is 0.102. The van der Waals surface area contributed by atoms with Crippen LogP contribution in [0.1, 0.15) is 22.8 Å². The van der Waals surface area contributed by atoms with E-state index < -0.39 is 41.0 Å². The second-order valence-corrected chi connectivity index (χ2v) is 9.10. The highest BCUT2D eigenvalue weighted by atomic mass is 19.1. The Balaban J connectivity index is 1.64. The molecule has 0 radical (unpaired) electrons. The van der Waals surface area contributed by atoms with Gasteiger partial charge in [-0.25, -0.2) is 18.1 Å². The van der Waals surface area contributed by atoms with Gasteiger partial charge in [-0.15, -0.1) is 0 Å². The summed E-state index contributed by atoms with van der Waals surface area (Å²) in [6.45, 7) is 4.56. The molecular formula is C31H28F2N4O7. The Hall–Kier alpha value is -5.56. The normalized spacial score (nSPS) is 11.2. The Morgan fingerprint density at radius 2 is 1.68 bits per heavy atom. The van der Waals surface area contributed by atoms with Crippen LogP contribution in [0.15, 0.2) is 81.5 Å². The number of ether oxygens (including phenoxy) is 3. The molecule has 44 heavy (non-hydrogen) atoms. The first-order valence-electron chi connectivity index (χ1n) is 13.1. The van der Waals surface area contributed by atoms with Crippen molar-refractivity contribution in [3.05, 3.63) is 110 Å². The molecule has 11 nitrogen and oxygen atoms in total. The lowest BCUT2D eigenvalue weighted by Gasteiger charge is -2.16. The van der Waals surface area contributed by atoms with Crippen LogP contribution in [0.3, 0.4) is 0 Å². The van der Waals surface area contributed by atoms with Gasteiger partial charge in [-0.05, 0) is 62.2 Å². The maximum atomic E-state index is 15.2. The van der Waals surface area contributed by atoms with Crippen molar-refractivity contribution in [1.29, 1.82) is 0 Å². The molecule has 4 rings (SSSR count). The number of amides is 1. The van der Waals surface area contributed by atoms with E-state index in [2.05, 4.69) is 17.0 Å². The van der Waals surface area contributed by atoms with Gasteiger partial charge in [-0.2, -0.15) is 0 Å². The minimum atomic E-state index is -0.993. The lowest BCUT2D eigenvalue weighted by atomic mass is 10.1. The number of carbonyl (C=O) groups excluding carboxylic acids is 1. The number of aromatic nitrogens is 2. The monoisotopic (exact) mass is 606 g/mol. The van der Waals surface area contributed by atoms with Crippen molar-refractivity contribution in [2.45, 2.75) is 13.5 Å². The predicted octanol–water partition coefficient (Wildman–Crippen LogP) is 4.31. The number of nitrogens with one attached hydrogen (secondary N) is 1. The molecule has 228 valence electrons. The van der Waals surface area contributed by atoms with Crippen LogP contribution in [0, 0.1) is 11.6 Å². The Labute approximate surface area is 249 Å². The number of anilines is 1. The van der Waals surface area contributed by atoms with Gasteiger partial charge in [0, 0.05) is 29.6 Å². The third-order valence-corrected chi connectivity index (χ3v) is 6.44. The van der Waals surface area contributed by atoms with Gasteiger partial charge in [0.05, 0.1) is 38.7 Å². The Kier molecular flexibility index (Phi) is 9.71. The van der Waals surface area contributed by atoms with E-state index in [9.17, 15) is 23.9 Å². The number of nitrogens with zero attached hydrogens (tertiary/aromatic N) is 3. The first kappa shape index (κ1) is 31.4. The van der Waals surface area contributed by atoms with E-state index in [1.54, 1.807) is 25.1 Å². The number of methoxy groups -OCH3 is 2. The molecule has 2 N–H and O–H groups in total. The molecule has 3 aromatic carbocycles. The molecule has 13 heteroatoms. The minimum absolute atomic E-state index is 0.0133. The van der Waals surface area contributed by atoms with E-state index in [1.165, 1.54) is 38.5 Å². The third kappa shape index (κ3) is 6.42. The van der Waals surface area contributed by atoms with Crippen LogP contribution in [-0.4, -0.2) is 47.7 Å². The molecule has 0 atom stereocenters. The van der Waals surface area contributed by atoms with Gasteiger partial charge in [-0.1, -0.05) is 0 Å². The molecule has 1 aromatic heterocycles. The van der Waals surface area contributed by atoms with Crippen LogP contribution >= 0.6 is 0 Å². The Bertz CT molecular complexity index is 1870. The highest BCUT2D eigenvalue weighted by Gasteiger charge is 2.20. The number of hydrogen-bond donors (Lipinski definition) is 2. The maximum absolute atomic E-state index is 15.2. The summed E-state index contributed by atoms with van der Waals surface area (Å²) in [4.78, 5) is 43.3. The summed E-state index contributed by atoms with van der Waals surface area (Å²) < 4.78 is 46.8. The van der Waals surface area contributed by atoms with Crippen LogP contribution in [0.25, 0.3) is 11.4 Å². The first-order valence-corrected chi connectivity index (χ1v) is 13.1. The van der Waals surface area contributed by atoms with Crippen molar-refractivity contribution in [3.8, 4) is 22.9 Å². The molecule has 0 aliphatic carbocycles. The summed E-state index contributed by atoms with van der Waals surface area (Å²) in [6.07, 6.45) is 2.59.